The lowest BCUT2D eigenvalue weighted by Gasteiger charge is -2.43. The van der Waals surface area contributed by atoms with Crippen molar-refractivity contribution < 1.29 is 18.8 Å². The van der Waals surface area contributed by atoms with Crippen LogP contribution in [0.2, 0.25) is 36.3 Å². The molecule has 1 N–H and O–H groups in total. The van der Waals surface area contributed by atoms with Crippen LogP contribution in [0.4, 0.5) is 0 Å². The third kappa shape index (κ3) is 12.1. The Hall–Kier alpha value is -0.536. The molecule has 39 heavy (non-hydrogen) atoms. The summed E-state index contributed by atoms with van der Waals surface area (Å²) in [5.41, 5.74) is 0. The van der Waals surface area contributed by atoms with E-state index in [4.69, 9.17) is 8.85 Å². The summed E-state index contributed by atoms with van der Waals surface area (Å²) in [5, 5.41) is 11.4. The first-order chi connectivity index (χ1) is 17.5. The molecule has 0 fully saturated rings. The number of aliphatic hydroxyl groups excluding tert-OH is 1. The SMILES string of the molecule is C=C/C=C\[C@H](C)[C@H](O)[C@@H](C)[C@@H](CC[C@H](C)C[C@H](C)[C@@H](O[Si](C)(C)C(C)(C)C)[C@@H](C)C=O)O[Si](C)(C)C(C)(C)C. The Bertz CT molecular complexity index is 763. The lowest BCUT2D eigenvalue weighted by molar-refractivity contribution is -0.114. The van der Waals surface area contributed by atoms with Crippen LogP contribution in [0.5, 0.6) is 0 Å². The average Bonchev–Trinajstić information content (AvgIpc) is 2.80. The highest BCUT2D eigenvalue weighted by molar-refractivity contribution is 6.74. The molecule has 4 nitrogen and oxygen atoms in total. The van der Waals surface area contributed by atoms with Gasteiger partial charge in [0.15, 0.2) is 16.6 Å². The molecule has 0 unspecified atom stereocenters. The molecule has 0 aromatic heterocycles. The van der Waals surface area contributed by atoms with E-state index in [1.54, 1.807) is 6.08 Å². The van der Waals surface area contributed by atoms with Gasteiger partial charge in [-0.05, 0) is 67.4 Å². The van der Waals surface area contributed by atoms with Crippen molar-refractivity contribution in [2.45, 2.75) is 150 Å². The largest absolute Gasteiger partial charge is 0.414 e. The van der Waals surface area contributed by atoms with E-state index in [1.807, 2.05) is 19.1 Å². The predicted molar refractivity (Wildman–Crippen MR) is 175 cm³/mol. The second kappa shape index (κ2) is 15.6. The average molecular weight is 583 g/mol. The lowest BCUT2D eigenvalue weighted by atomic mass is 9.83. The molecule has 0 heterocycles. The zero-order chi connectivity index (χ0) is 31.0. The Morgan fingerprint density at radius 1 is 0.821 bits per heavy atom. The van der Waals surface area contributed by atoms with E-state index in [0.717, 1.165) is 25.5 Å². The van der Waals surface area contributed by atoms with Gasteiger partial charge in [0.25, 0.3) is 0 Å². The molecule has 0 aliphatic heterocycles. The molecule has 8 atom stereocenters. The summed E-state index contributed by atoms with van der Waals surface area (Å²) >= 11 is 0. The maximum absolute atomic E-state index is 11.8. The topological polar surface area (TPSA) is 55.8 Å². The van der Waals surface area contributed by atoms with Crippen LogP contribution in [0.25, 0.3) is 0 Å². The van der Waals surface area contributed by atoms with Crippen LogP contribution >= 0.6 is 0 Å². The number of hydrogen-bond acceptors (Lipinski definition) is 4. The van der Waals surface area contributed by atoms with E-state index in [9.17, 15) is 9.90 Å². The summed E-state index contributed by atoms with van der Waals surface area (Å²) in [6.07, 6.45) is 9.12. The summed E-state index contributed by atoms with van der Waals surface area (Å²) in [6.45, 7) is 37.2. The molecular weight excluding hydrogens is 517 g/mol. The fourth-order valence-corrected chi connectivity index (χ4v) is 7.65. The maximum atomic E-state index is 11.8. The highest BCUT2D eigenvalue weighted by Gasteiger charge is 2.43. The van der Waals surface area contributed by atoms with Gasteiger partial charge in [0.2, 0.25) is 0 Å². The molecule has 0 aromatic rings. The molecular formula is C33H66O4Si2. The first-order valence-electron chi connectivity index (χ1n) is 15.3. The summed E-state index contributed by atoms with van der Waals surface area (Å²) in [6, 6.07) is 0. The number of rotatable bonds is 17. The van der Waals surface area contributed by atoms with Gasteiger partial charge < -0.3 is 18.8 Å². The summed E-state index contributed by atoms with van der Waals surface area (Å²) in [7, 11) is -4.03. The van der Waals surface area contributed by atoms with Gasteiger partial charge in [0.1, 0.15) is 6.29 Å². The molecule has 0 radical (unpaired) electrons. The van der Waals surface area contributed by atoms with Gasteiger partial charge in [0, 0.05) is 17.8 Å². The minimum absolute atomic E-state index is 0.00796. The van der Waals surface area contributed by atoms with Gasteiger partial charge >= 0.3 is 0 Å². The molecule has 0 bridgehead atoms. The van der Waals surface area contributed by atoms with Crippen LogP contribution < -0.4 is 0 Å². The van der Waals surface area contributed by atoms with Crippen molar-refractivity contribution in [2.75, 3.05) is 0 Å². The Morgan fingerprint density at radius 2 is 1.31 bits per heavy atom. The van der Waals surface area contributed by atoms with Crippen molar-refractivity contribution in [3.8, 4) is 0 Å². The monoisotopic (exact) mass is 582 g/mol. The quantitative estimate of drug-likeness (QED) is 0.105. The number of carbonyl (C=O) groups is 1. The number of hydrogen-bond donors (Lipinski definition) is 1. The van der Waals surface area contributed by atoms with E-state index in [0.29, 0.717) is 5.92 Å². The highest BCUT2D eigenvalue weighted by atomic mass is 28.4. The number of carbonyl (C=O) groups excluding carboxylic acids is 1. The minimum Gasteiger partial charge on any atom is -0.414 e. The van der Waals surface area contributed by atoms with Crippen LogP contribution in [0, 0.1) is 29.6 Å². The Morgan fingerprint density at radius 3 is 1.74 bits per heavy atom. The molecule has 0 saturated carbocycles. The molecule has 0 rings (SSSR count). The van der Waals surface area contributed by atoms with Crippen molar-refractivity contribution in [2.24, 2.45) is 29.6 Å². The number of allylic oxidation sites excluding steroid dienone is 2. The molecule has 230 valence electrons. The molecule has 0 aliphatic rings. The van der Waals surface area contributed by atoms with Gasteiger partial charge in [-0.2, -0.15) is 0 Å². The van der Waals surface area contributed by atoms with Crippen molar-refractivity contribution in [1.82, 2.24) is 0 Å². The minimum atomic E-state index is -2.02. The van der Waals surface area contributed by atoms with E-state index in [2.05, 4.69) is 102 Å². The van der Waals surface area contributed by atoms with Crippen LogP contribution in [-0.4, -0.2) is 46.3 Å². The third-order valence-electron chi connectivity index (χ3n) is 9.72. The third-order valence-corrected chi connectivity index (χ3v) is 18.7. The van der Waals surface area contributed by atoms with Crippen LogP contribution in [0.1, 0.15) is 95.4 Å². The highest BCUT2D eigenvalue weighted by Crippen LogP contribution is 2.41. The Kier molecular flexibility index (Phi) is 15.4. The second-order valence-electron chi connectivity index (χ2n) is 15.5. The zero-order valence-electron chi connectivity index (χ0n) is 28.4. The lowest BCUT2D eigenvalue weighted by Crippen LogP contribution is -2.48. The van der Waals surface area contributed by atoms with E-state index >= 15 is 0 Å². The molecule has 6 heteroatoms. The van der Waals surface area contributed by atoms with Gasteiger partial charge in [-0.15, -0.1) is 0 Å². The molecule has 0 aliphatic carbocycles. The summed E-state index contributed by atoms with van der Waals surface area (Å²) in [4.78, 5) is 11.8. The number of aliphatic hydroxyl groups is 1. The van der Waals surface area contributed by atoms with Crippen molar-refractivity contribution in [1.29, 1.82) is 0 Å². The van der Waals surface area contributed by atoms with E-state index < -0.39 is 22.7 Å². The molecule has 0 amide bonds. The second-order valence-corrected chi connectivity index (χ2v) is 25.0. The Labute approximate surface area is 245 Å². The van der Waals surface area contributed by atoms with Crippen LogP contribution in [-0.2, 0) is 13.6 Å². The summed E-state index contributed by atoms with van der Waals surface area (Å²) in [5.74, 6) is 0.645. The van der Waals surface area contributed by atoms with Crippen LogP contribution in [0.3, 0.4) is 0 Å². The van der Waals surface area contributed by atoms with Crippen molar-refractivity contribution >= 4 is 22.9 Å². The first-order valence-corrected chi connectivity index (χ1v) is 21.1. The zero-order valence-corrected chi connectivity index (χ0v) is 30.4. The fourth-order valence-electron chi connectivity index (χ4n) is 4.72. The normalized spacial score (nSPS) is 20.1. The van der Waals surface area contributed by atoms with Gasteiger partial charge in [0.05, 0.1) is 18.3 Å². The van der Waals surface area contributed by atoms with Gasteiger partial charge in [-0.1, -0.05) is 101 Å². The van der Waals surface area contributed by atoms with Crippen molar-refractivity contribution in [3.63, 3.8) is 0 Å². The van der Waals surface area contributed by atoms with Gasteiger partial charge in [-0.3, -0.25) is 0 Å². The van der Waals surface area contributed by atoms with Crippen LogP contribution in [0.15, 0.2) is 24.8 Å². The van der Waals surface area contributed by atoms with E-state index in [1.165, 1.54) is 0 Å². The predicted octanol–water partition coefficient (Wildman–Crippen LogP) is 9.42. The van der Waals surface area contributed by atoms with E-state index in [-0.39, 0.29) is 46.0 Å². The van der Waals surface area contributed by atoms with Crippen molar-refractivity contribution in [3.05, 3.63) is 24.8 Å². The molecule has 0 spiro atoms. The molecule has 0 aromatic carbocycles. The maximum Gasteiger partial charge on any atom is 0.192 e. The molecule has 0 saturated heterocycles. The van der Waals surface area contributed by atoms with Gasteiger partial charge in [-0.25, -0.2) is 0 Å². The summed E-state index contributed by atoms with van der Waals surface area (Å²) < 4.78 is 13.8. The Balaban J connectivity index is 5.72. The number of aldehydes is 1. The smallest absolute Gasteiger partial charge is 0.192 e. The standard InChI is InChI=1S/C33H66O4Si2/c1-17-18-19-25(3)30(35)28(6)29(36-38(13,14)32(7,8)9)21-20-24(2)22-26(4)31(27(5)23-34)37-39(15,16)33(10,11)12/h17-19,23-31,35H,1,20-22H2,2-16H3/b19-18-/t24-,25-,26-,27-,28-,29+,30-,31+/m0/s1. The first kappa shape index (κ1) is 38.5. The fraction of sp³-hybridized carbons (Fsp3) is 0.848.